The second-order valence-electron chi connectivity index (χ2n) is 8.02. The van der Waals surface area contributed by atoms with Crippen molar-refractivity contribution in [2.24, 2.45) is 0 Å². The number of fused-ring (bicyclic) bond motifs is 1. The highest BCUT2D eigenvalue weighted by Gasteiger charge is 2.27. The fourth-order valence-electron chi connectivity index (χ4n) is 3.81. The number of nitrogens with zero attached hydrogens (tertiary/aromatic N) is 3. The lowest BCUT2D eigenvalue weighted by Gasteiger charge is -2.16. The molecule has 1 N–H and O–H groups in total. The average Bonchev–Trinajstić information content (AvgIpc) is 3.55. The number of aromatic nitrogens is 2. The van der Waals surface area contributed by atoms with Crippen LogP contribution in [-0.4, -0.2) is 34.1 Å². The SMILES string of the molecule is O=C(CCSc1nc(C2CC2)nc2ccccc12)Nc1ccc(N2CCCC2=O)cc1. The van der Waals surface area contributed by atoms with Crippen molar-refractivity contribution >= 4 is 45.9 Å². The number of thioether (sulfide) groups is 1. The number of amides is 2. The summed E-state index contributed by atoms with van der Waals surface area (Å²) in [6.45, 7) is 0.766. The van der Waals surface area contributed by atoms with Crippen molar-refractivity contribution < 1.29 is 9.59 Å². The normalized spacial score (nSPS) is 16.1. The summed E-state index contributed by atoms with van der Waals surface area (Å²) in [5.41, 5.74) is 2.61. The van der Waals surface area contributed by atoms with E-state index in [1.165, 1.54) is 0 Å². The minimum absolute atomic E-state index is 0.0294. The molecule has 2 aromatic carbocycles. The molecule has 0 bridgehead atoms. The largest absolute Gasteiger partial charge is 0.326 e. The van der Waals surface area contributed by atoms with Gasteiger partial charge >= 0.3 is 0 Å². The number of carbonyl (C=O) groups excluding carboxylic acids is 2. The van der Waals surface area contributed by atoms with Gasteiger partial charge in [-0.15, -0.1) is 11.8 Å². The van der Waals surface area contributed by atoms with Crippen LogP contribution in [0.3, 0.4) is 0 Å². The maximum atomic E-state index is 12.4. The molecule has 1 saturated heterocycles. The molecule has 3 aromatic rings. The number of hydrogen-bond donors (Lipinski definition) is 1. The standard InChI is InChI=1S/C24H24N4O2S/c29-21(25-17-9-11-18(12-10-17)28-14-3-6-22(28)30)13-15-31-24-19-4-1-2-5-20(19)26-23(27-24)16-7-8-16/h1-2,4-5,9-12,16H,3,6-8,13-15H2,(H,25,29). The Bertz CT molecular complexity index is 1130. The molecule has 1 aromatic heterocycles. The number of benzene rings is 2. The van der Waals surface area contributed by atoms with E-state index >= 15 is 0 Å². The van der Waals surface area contributed by atoms with Crippen molar-refractivity contribution in [1.29, 1.82) is 0 Å². The van der Waals surface area contributed by atoms with Gasteiger partial charge in [-0.3, -0.25) is 9.59 Å². The van der Waals surface area contributed by atoms with Crippen LogP contribution in [0.15, 0.2) is 53.6 Å². The van der Waals surface area contributed by atoms with Crippen molar-refractivity contribution in [1.82, 2.24) is 9.97 Å². The van der Waals surface area contributed by atoms with Gasteiger partial charge in [-0.25, -0.2) is 9.97 Å². The van der Waals surface area contributed by atoms with Crippen LogP contribution in [0.5, 0.6) is 0 Å². The Hall–Kier alpha value is -2.93. The highest BCUT2D eigenvalue weighted by molar-refractivity contribution is 7.99. The zero-order valence-corrected chi connectivity index (χ0v) is 18.0. The molecule has 31 heavy (non-hydrogen) atoms. The van der Waals surface area contributed by atoms with Gasteiger partial charge in [0.1, 0.15) is 10.9 Å². The summed E-state index contributed by atoms with van der Waals surface area (Å²) in [4.78, 5) is 35.6. The van der Waals surface area contributed by atoms with Crippen molar-refractivity contribution in [2.75, 3.05) is 22.5 Å². The Kier molecular flexibility index (Phi) is 5.59. The summed E-state index contributed by atoms with van der Waals surface area (Å²) in [7, 11) is 0. The minimum Gasteiger partial charge on any atom is -0.326 e. The van der Waals surface area contributed by atoms with Crippen molar-refractivity contribution in [3.05, 3.63) is 54.4 Å². The lowest BCUT2D eigenvalue weighted by molar-refractivity contribution is -0.117. The van der Waals surface area contributed by atoms with Gasteiger partial charge < -0.3 is 10.2 Å². The predicted octanol–water partition coefficient (Wildman–Crippen LogP) is 4.75. The van der Waals surface area contributed by atoms with Crippen LogP contribution in [0, 0.1) is 0 Å². The Morgan fingerprint density at radius 1 is 1.10 bits per heavy atom. The first-order valence-corrected chi connectivity index (χ1v) is 11.8. The first-order valence-electron chi connectivity index (χ1n) is 10.8. The second-order valence-corrected chi connectivity index (χ2v) is 9.10. The number of anilines is 2. The molecular formula is C24H24N4O2S. The second kappa shape index (κ2) is 8.67. The van der Waals surface area contributed by atoms with E-state index in [2.05, 4.69) is 5.32 Å². The van der Waals surface area contributed by atoms with Crippen molar-refractivity contribution in [3.63, 3.8) is 0 Å². The maximum absolute atomic E-state index is 12.4. The van der Waals surface area contributed by atoms with E-state index in [1.54, 1.807) is 16.7 Å². The van der Waals surface area contributed by atoms with Crippen LogP contribution >= 0.6 is 11.8 Å². The highest BCUT2D eigenvalue weighted by Crippen LogP contribution is 2.39. The molecule has 158 valence electrons. The van der Waals surface area contributed by atoms with Gasteiger partial charge in [-0.1, -0.05) is 18.2 Å². The first-order chi connectivity index (χ1) is 15.2. The quantitative estimate of drug-likeness (QED) is 0.431. The van der Waals surface area contributed by atoms with Crippen LogP contribution in [-0.2, 0) is 9.59 Å². The van der Waals surface area contributed by atoms with Gasteiger partial charge in [0.25, 0.3) is 0 Å². The van der Waals surface area contributed by atoms with E-state index in [1.807, 2.05) is 48.5 Å². The van der Waals surface area contributed by atoms with Gasteiger partial charge in [0.05, 0.1) is 5.52 Å². The lowest BCUT2D eigenvalue weighted by atomic mass is 10.2. The summed E-state index contributed by atoms with van der Waals surface area (Å²) < 4.78 is 0. The smallest absolute Gasteiger partial charge is 0.227 e. The van der Waals surface area contributed by atoms with Crippen LogP contribution in [0.1, 0.15) is 43.8 Å². The number of rotatable bonds is 7. The molecular weight excluding hydrogens is 408 g/mol. The van der Waals surface area contributed by atoms with E-state index < -0.39 is 0 Å². The topological polar surface area (TPSA) is 75.2 Å². The monoisotopic (exact) mass is 432 g/mol. The molecule has 1 aliphatic heterocycles. The highest BCUT2D eigenvalue weighted by atomic mass is 32.2. The molecule has 0 unspecified atom stereocenters. The summed E-state index contributed by atoms with van der Waals surface area (Å²) in [5.74, 6) is 2.21. The minimum atomic E-state index is -0.0294. The van der Waals surface area contributed by atoms with Crippen LogP contribution in [0.25, 0.3) is 10.9 Å². The zero-order chi connectivity index (χ0) is 21.2. The summed E-state index contributed by atoms with van der Waals surface area (Å²) in [6.07, 6.45) is 4.23. The third kappa shape index (κ3) is 4.56. The molecule has 6 nitrogen and oxygen atoms in total. The van der Waals surface area contributed by atoms with Gasteiger partial charge in [0.15, 0.2) is 0 Å². The fourth-order valence-corrected chi connectivity index (χ4v) is 4.78. The molecule has 1 saturated carbocycles. The maximum Gasteiger partial charge on any atom is 0.227 e. The van der Waals surface area contributed by atoms with Crippen molar-refractivity contribution in [2.45, 2.75) is 43.0 Å². The van der Waals surface area contributed by atoms with Crippen LogP contribution in [0.4, 0.5) is 11.4 Å². The first kappa shape index (κ1) is 20.0. The van der Waals surface area contributed by atoms with E-state index in [9.17, 15) is 9.59 Å². The molecule has 0 atom stereocenters. The molecule has 7 heteroatoms. The van der Waals surface area contributed by atoms with Crippen LogP contribution < -0.4 is 10.2 Å². The van der Waals surface area contributed by atoms with E-state index in [-0.39, 0.29) is 11.8 Å². The molecule has 2 amide bonds. The molecule has 0 radical (unpaired) electrons. The molecule has 0 spiro atoms. The van der Waals surface area contributed by atoms with E-state index in [4.69, 9.17) is 9.97 Å². The third-order valence-corrected chi connectivity index (χ3v) is 6.62. The predicted molar refractivity (Wildman–Crippen MR) is 124 cm³/mol. The van der Waals surface area contributed by atoms with E-state index in [0.29, 0.717) is 24.5 Å². The fraction of sp³-hybridized carbons (Fsp3) is 0.333. The van der Waals surface area contributed by atoms with Gasteiger partial charge in [0.2, 0.25) is 11.8 Å². The lowest BCUT2D eigenvalue weighted by Crippen LogP contribution is -2.23. The van der Waals surface area contributed by atoms with Gasteiger partial charge in [0, 0.05) is 47.8 Å². The molecule has 2 aliphatic rings. The van der Waals surface area contributed by atoms with Gasteiger partial charge in [-0.05, 0) is 49.6 Å². The Morgan fingerprint density at radius 2 is 1.90 bits per heavy atom. The zero-order valence-electron chi connectivity index (χ0n) is 17.2. The van der Waals surface area contributed by atoms with Crippen LogP contribution in [0.2, 0.25) is 0 Å². The Labute approximate surface area is 185 Å². The van der Waals surface area contributed by atoms with Crippen molar-refractivity contribution in [3.8, 4) is 0 Å². The van der Waals surface area contributed by atoms with E-state index in [0.717, 1.165) is 58.9 Å². The molecule has 5 rings (SSSR count). The molecule has 2 fully saturated rings. The van der Waals surface area contributed by atoms with Gasteiger partial charge in [-0.2, -0.15) is 0 Å². The molecule has 2 heterocycles. The number of carbonyl (C=O) groups is 2. The summed E-state index contributed by atoms with van der Waals surface area (Å²) in [6, 6.07) is 15.6. The Balaban J connectivity index is 1.18. The molecule has 1 aliphatic carbocycles. The number of para-hydroxylation sites is 1. The number of hydrogen-bond acceptors (Lipinski definition) is 5. The summed E-state index contributed by atoms with van der Waals surface area (Å²) >= 11 is 1.61. The third-order valence-electron chi connectivity index (χ3n) is 5.63. The summed E-state index contributed by atoms with van der Waals surface area (Å²) in [5, 5.41) is 4.95. The average molecular weight is 433 g/mol. The Morgan fingerprint density at radius 3 is 2.65 bits per heavy atom. The number of nitrogens with one attached hydrogen (secondary N) is 1.